The van der Waals surface area contributed by atoms with E-state index in [0.717, 1.165) is 29.6 Å². The Bertz CT molecular complexity index is 210. The van der Waals surface area contributed by atoms with Crippen LogP contribution in [-0.2, 0) is 0 Å². The fourth-order valence-corrected chi connectivity index (χ4v) is 1.42. The van der Waals surface area contributed by atoms with Gasteiger partial charge in [-0.3, -0.25) is 4.99 Å². The summed E-state index contributed by atoms with van der Waals surface area (Å²) in [4.78, 5) is 4.23. The Morgan fingerprint density at radius 3 is 2.91 bits per heavy atom. The molecule has 1 heterocycles. The van der Waals surface area contributed by atoms with Crippen LogP contribution in [0.1, 0.15) is 12.8 Å². The number of hydrogen-bond acceptors (Lipinski definition) is 3. The van der Waals surface area contributed by atoms with E-state index < -0.39 is 0 Å². The van der Waals surface area contributed by atoms with Crippen molar-refractivity contribution in [3.05, 3.63) is 10.2 Å². The normalized spacial score (nSPS) is 19.6. The molecule has 0 unspecified atom stereocenters. The van der Waals surface area contributed by atoms with Crippen LogP contribution in [0.15, 0.2) is 15.2 Å². The smallest absolute Gasteiger partial charge is 0.0837 e. The number of aliphatic hydroxyl groups is 1. The van der Waals surface area contributed by atoms with Crippen molar-refractivity contribution in [3.8, 4) is 0 Å². The van der Waals surface area contributed by atoms with Crippen LogP contribution in [-0.4, -0.2) is 24.0 Å². The molecule has 0 atom stereocenters. The van der Waals surface area contributed by atoms with E-state index in [1.807, 2.05) is 0 Å². The maximum absolute atomic E-state index is 8.70. The molecule has 0 spiro atoms. The lowest BCUT2D eigenvalue weighted by Gasteiger charge is -2.01. The van der Waals surface area contributed by atoms with Crippen molar-refractivity contribution in [2.75, 3.05) is 13.2 Å². The van der Waals surface area contributed by atoms with Crippen molar-refractivity contribution < 1.29 is 5.11 Å². The SMILES string of the molecule is N/C(CO)=C(/Br)C1=NCCC1. The third kappa shape index (κ3) is 2.04. The molecule has 62 valence electrons. The molecular formula is C7H11BrN2O. The first-order valence-electron chi connectivity index (χ1n) is 3.54. The van der Waals surface area contributed by atoms with E-state index >= 15 is 0 Å². The molecule has 0 saturated heterocycles. The number of aliphatic hydroxyl groups excluding tert-OH is 1. The highest BCUT2D eigenvalue weighted by atomic mass is 79.9. The number of allylic oxidation sites excluding steroid dienone is 1. The molecule has 0 aromatic heterocycles. The summed E-state index contributed by atoms with van der Waals surface area (Å²) >= 11 is 3.29. The lowest BCUT2D eigenvalue weighted by Crippen LogP contribution is -2.08. The monoisotopic (exact) mass is 218 g/mol. The Labute approximate surface area is 74.1 Å². The summed E-state index contributed by atoms with van der Waals surface area (Å²) < 4.78 is 0.775. The first kappa shape index (κ1) is 8.74. The van der Waals surface area contributed by atoms with Crippen LogP contribution < -0.4 is 5.73 Å². The van der Waals surface area contributed by atoms with E-state index in [-0.39, 0.29) is 6.61 Å². The maximum atomic E-state index is 8.70. The number of halogens is 1. The van der Waals surface area contributed by atoms with E-state index in [4.69, 9.17) is 10.8 Å². The van der Waals surface area contributed by atoms with Gasteiger partial charge in [0.05, 0.1) is 22.5 Å². The molecule has 0 fully saturated rings. The molecule has 1 aliphatic rings. The molecule has 0 saturated carbocycles. The number of rotatable bonds is 2. The van der Waals surface area contributed by atoms with Gasteiger partial charge in [0.25, 0.3) is 0 Å². The van der Waals surface area contributed by atoms with Crippen molar-refractivity contribution in [1.29, 1.82) is 0 Å². The van der Waals surface area contributed by atoms with Gasteiger partial charge in [-0.2, -0.15) is 0 Å². The summed E-state index contributed by atoms with van der Waals surface area (Å²) in [6.07, 6.45) is 2.05. The second-order valence-electron chi connectivity index (χ2n) is 2.43. The fourth-order valence-electron chi connectivity index (χ4n) is 0.973. The largest absolute Gasteiger partial charge is 0.399 e. The molecule has 1 aliphatic heterocycles. The van der Waals surface area contributed by atoms with Crippen molar-refractivity contribution in [2.45, 2.75) is 12.8 Å². The van der Waals surface area contributed by atoms with Gasteiger partial charge in [0.1, 0.15) is 0 Å². The van der Waals surface area contributed by atoms with Crippen molar-refractivity contribution in [1.82, 2.24) is 0 Å². The minimum Gasteiger partial charge on any atom is -0.399 e. The molecule has 3 nitrogen and oxygen atoms in total. The Kier molecular flexibility index (Phi) is 3.08. The average Bonchev–Trinajstić information content (AvgIpc) is 2.53. The van der Waals surface area contributed by atoms with Crippen LogP contribution in [0, 0.1) is 0 Å². The van der Waals surface area contributed by atoms with Gasteiger partial charge in [-0.25, -0.2) is 0 Å². The number of hydrogen-bond donors (Lipinski definition) is 2. The number of nitrogens with two attached hydrogens (primary N) is 1. The molecule has 11 heavy (non-hydrogen) atoms. The summed E-state index contributed by atoms with van der Waals surface area (Å²) in [5.74, 6) is 0. The predicted molar refractivity (Wildman–Crippen MR) is 48.8 cm³/mol. The quantitative estimate of drug-likeness (QED) is 0.720. The highest BCUT2D eigenvalue weighted by molar-refractivity contribution is 9.12. The molecule has 0 aromatic carbocycles. The first-order chi connectivity index (χ1) is 5.25. The second-order valence-corrected chi connectivity index (χ2v) is 3.22. The molecule has 0 amide bonds. The number of aliphatic imine (C=N–C) groups is 1. The summed E-state index contributed by atoms with van der Waals surface area (Å²) in [5.41, 5.74) is 6.94. The minimum atomic E-state index is -0.112. The summed E-state index contributed by atoms with van der Waals surface area (Å²) in [6.45, 7) is 0.767. The molecule has 0 aliphatic carbocycles. The van der Waals surface area contributed by atoms with Crippen molar-refractivity contribution >= 4 is 21.6 Å². The van der Waals surface area contributed by atoms with Crippen LogP contribution in [0.2, 0.25) is 0 Å². The molecule has 0 aromatic rings. The topological polar surface area (TPSA) is 58.6 Å². The van der Waals surface area contributed by atoms with Crippen LogP contribution in [0.5, 0.6) is 0 Å². The minimum absolute atomic E-state index is 0.112. The molecule has 0 radical (unpaired) electrons. The molecular weight excluding hydrogens is 208 g/mol. The van der Waals surface area contributed by atoms with Gasteiger partial charge >= 0.3 is 0 Å². The third-order valence-corrected chi connectivity index (χ3v) is 2.55. The lowest BCUT2D eigenvalue weighted by molar-refractivity contribution is 0.329. The van der Waals surface area contributed by atoms with E-state index in [2.05, 4.69) is 20.9 Å². The van der Waals surface area contributed by atoms with E-state index in [0.29, 0.717) is 5.70 Å². The highest BCUT2D eigenvalue weighted by Crippen LogP contribution is 2.18. The van der Waals surface area contributed by atoms with Gasteiger partial charge < -0.3 is 10.8 Å². The van der Waals surface area contributed by atoms with E-state index in [1.54, 1.807) is 0 Å². The Hall–Kier alpha value is -0.350. The number of nitrogens with zero attached hydrogens (tertiary/aromatic N) is 1. The average molecular weight is 219 g/mol. The van der Waals surface area contributed by atoms with Crippen LogP contribution >= 0.6 is 15.9 Å². The van der Waals surface area contributed by atoms with Crippen LogP contribution in [0.4, 0.5) is 0 Å². The fraction of sp³-hybridized carbons (Fsp3) is 0.571. The first-order valence-corrected chi connectivity index (χ1v) is 4.33. The lowest BCUT2D eigenvalue weighted by atomic mass is 10.2. The van der Waals surface area contributed by atoms with Crippen molar-refractivity contribution in [2.24, 2.45) is 10.7 Å². The zero-order chi connectivity index (χ0) is 8.27. The van der Waals surface area contributed by atoms with Gasteiger partial charge in [0, 0.05) is 6.54 Å². The van der Waals surface area contributed by atoms with Gasteiger partial charge in [-0.05, 0) is 28.8 Å². The summed E-state index contributed by atoms with van der Waals surface area (Å²) in [5, 5.41) is 8.70. The summed E-state index contributed by atoms with van der Waals surface area (Å²) in [7, 11) is 0. The molecule has 3 N–H and O–H groups in total. The third-order valence-electron chi connectivity index (χ3n) is 1.58. The molecule has 0 bridgehead atoms. The summed E-state index contributed by atoms with van der Waals surface area (Å²) in [6, 6.07) is 0. The molecule has 1 rings (SSSR count). The Balaban J connectivity index is 2.73. The zero-order valence-corrected chi connectivity index (χ0v) is 7.76. The van der Waals surface area contributed by atoms with Crippen LogP contribution in [0.25, 0.3) is 0 Å². The Morgan fingerprint density at radius 2 is 2.45 bits per heavy atom. The van der Waals surface area contributed by atoms with Crippen LogP contribution in [0.3, 0.4) is 0 Å². The van der Waals surface area contributed by atoms with E-state index in [9.17, 15) is 0 Å². The predicted octanol–water partition coefficient (Wildman–Crippen LogP) is 0.779. The van der Waals surface area contributed by atoms with Gasteiger partial charge in [0.2, 0.25) is 0 Å². The van der Waals surface area contributed by atoms with E-state index in [1.165, 1.54) is 0 Å². The van der Waals surface area contributed by atoms with Crippen molar-refractivity contribution in [3.63, 3.8) is 0 Å². The van der Waals surface area contributed by atoms with Gasteiger partial charge in [-0.15, -0.1) is 0 Å². The van der Waals surface area contributed by atoms with Gasteiger partial charge in [0.15, 0.2) is 0 Å². The zero-order valence-electron chi connectivity index (χ0n) is 6.18. The van der Waals surface area contributed by atoms with Gasteiger partial charge in [-0.1, -0.05) is 0 Å². The standard InChI is InChI=1S/C7H11BrN2O/c8-7(5(9)4-11)6-2-1-3-10-6/h11H,1-4,9H2/b7-5+. The Morgan fingerprint density at radius 1 is 1.73 bits per heavy atom. The molecule has 4 heteroatoms. The highest BCUT2D eigenvalue weighted by Gasteiger charge is 2.11. The second kappa shape index (κ2) is 3.88. The maximum Gasteiger partial charge on any atom is 0.0837 e.